The Bertz CT molecular complexity index is 3460. The molecule has 242 valence electrons. The molecule has 11 rings (SSSR count). The minimum atomic E-state index is -0.474. The topological polar surface area (TPSA) is 43.6 Å². The summed E-state index contributed by atoms with van der Waals surface area (Å²) in [5.41, 5.74) is 4.59. The van der Waals surface area contributed by atoms with Gasteiger partial charge in [0.05, 0.1) is 23.6 Å². The van der Waals surface area contributed by atoms with Gasteiger partial charge in [-0.05, 0) is 29.7 Å². The smallest absolute Gasteiger partial charge is 0.164 e. The van der Waals surface area contributed by atoms with E-state index in [4.69, 9.17) is 21.8 Å². The molecule has 0 fully saturated rings. The minimum Gasteiger partial charge on any atom is -0.308 e. The molecule has 4 nitrogen and oxygen atoms in total. The highest BCUT2D eigenvalue weighted by atomic mass is 32.1. The third-order valence-electron chi connectivity index (χ3n) is 9.91. The van der Waals surface area contributed by atoms with Crippen LogP contribution in [-0.4, -0.2) is 19.5 Å². The van der Waals surface area contributed by atoms with Crippen LogP contribution in [-0.2, 0) is 0 Å². The van der Waals surface area contributed by atoms with Crippen LogP contribution in [0.4, 0.5) is 0 Å². The maximum absolute atomic E-state index is 8.87. The summed E-state index contributed by atoms with van der Waals surface area (Å²) in [5.74, 6) is 0.673. The Labute approximate surface area is 309 Å². The Morgan fingerprint density at radius 2 is 1.19 bits per heavy atom. The van der Waals surface area contributed by atoms with Gasteiger partial charge in [0.2, 0.25) is 0 Å². The molecule has 11 aromatic rings. The number of hydrogen-bond acceptors (Lipinski definition) is 4. The summed E-state index contributed by atoms with van der Waals surface area (Å²) >= 11 is 1.72. The number of benzene rings is 8. The minimum absolute atomic E-state index is 0.00536. The lowest BCUT2D eigenvalue weighted by atomic mass is 9.98. The molecule has 0 aliphatic carbocycles. The van der Waals surface area contributed by atoms with Gasteiger partial charge in [-0.15, -0.1) is 11.3 Å². The van der Waals surface area contributed by atoms with Crippen LogP contribution in [0.25, 0.3) is 103 Å². The van der Waals surface area contributed by atoms with E-state index in [0.29, 0.717) is 17.2 Å². The second-order valence-electron chi connectivity index (χ2n) is 12.8. The van der Waals surface area contributed by atoms with Crippen LogP contribution in [0.1, 0.15) is 6.85 Å². The third kappa shape index (κ3) is 4.36. The molecule has 0 spiro atoms. The average molecular weight is 686 g/mol. The molecule has 3 heterocycles. The van der Waals surface area contributed by atoms with E-state index in [9.17, 15) is 0 Å². The highest BCUT2D eigenvalue weighted by Crippen LogP contribution is 2.46. The molecule has 0 radical (unpaired) electrons. The molecule has 0 amide bonds. The monoisotopic (exact) mass is 685 g/mol. The van der Waals surface area contributed by atoms with Crippen molar-refractivity contribution in [3.8, 4) is 39.9 Å². The van der Waals surface area contributed by atoms with Gasteiger partial charge in [-0.2, -0.15) is 0 Å². The summed E-state index contributed by atoms with van der Waals surface area (Å²) in [6, 6.07) is 45.7. The Hall–Kier alpha value is -6.69. The first-order valence-electron chi connectivity index (χ1n) is 19.5. The quantitative estimate of drug-likeness (QED) is 0.185. The molecule has 0 unspecified atom stereocenters. The van der Waals surface area contributed by atoms with E-state index in [-0.39, 0.29) is 23.5 Å². The molecule has 8 aromatic carbocycles. The van der Waals surface area contributed by atoms with Gasteiger partial charge in [0.15, 0.2) is 17.5 Å². The van der Waals surface area contributed by atoms with Gasteiger partial charge >= 0.3 is 0 Å². The lowest BCUT2D eigenvalue weighted by Crippen LogP contribution is -2.01. The molecule has 0 atom stereocenters. The predicted octanol–water partition coefficient (Wildman–Crippen LogP) is 12.6. The molecular weight excluding hydrogens is 653 g/mol. The lowest BCUT2D eigenvalue weighted by Gasteiger charge is -2.15. The zero-order valence-electron chi connectivity index (χ0n) is 32.5. The number of thiophene rings is 1. The van der Waals surface area contributed by atoms with Gasteiger partial charge in [0.1, 0.15) is 0 Å². The Morgan fingerprint density at radius 1 is 0.500 bits per heavy atom. The summed E-state index contributed by atoms with van der Waals surface area (Å²) in [6.07, 6.45) is 0. The van der Waals surface area contributed by atoms with Gasteiger partial charge in [-0.25, -0.2) is 15.0 Å². The molecular formula is C47H28N4S. The summed E-state index contributed by atoms with van der Waals surface area (Å²) in [4.78, 5) is 14.9. The number of rotatable bonds is 4. The SMILES string of the molecule is [2H]c1c([2H])c([2H])c(-c2nc(-c3ccccc3)nc(-c3cc4c(-n5c6ccccc6c6ccc7ccccc7c65)cccc4c4sc5ccccc5c34)n2)c([2H])c1[2H]. The van der Waals surface area contributed by atoms with E-state index in [2.05, 4.69) is 102 Å². The zero-order valence-corrected chi connectivity index (χ0v) is 28.3. The van der Waals surface area contributed by atoms with E-state index < -0.39 is 18.1 Å². The van der Waals surface area contributed by atoms with Crippen molar-refractivity contribution in [2.45, 2.75) is 0 Å². The van der Waals surface area contributed by atoms with Crippen LogP contribution in [0.5, 0.6) is 0 Å². The van der Waals surface area contributed by atoms with Crippen molar-refractivity contribution in [2.75, 3.05) is 0 Å². The molecule has 3 aromatic heterocycles. The van der Waals surface area contributed by atoms with Gasteiger partial charge in [0.25, 0.3) is 0 Å². The largest absolute Gasteiger partial charge is 0.308 e. The second kappa shape index (κ2) is 11.4. The number of para-hydroxylation sites is 1. The number of fused-ring (bicyclic) bond motifs is 10. The van der Waals surface area contributed by atoms with Crippen molar-refractivity contribution < 1.29 is 6.85 Å². The maximum atomic E-state index is 8.87. The summed E-state index contributed by atoms with van der Waals surface area (Å²) in [7, 11) is 0. The summed E-state index contributed by atoms with van der Waals surface area (Å²) in [5, 5.41) is 8.73. The van der Waals surface area contributed by atoms with Crippen molar-refractivity contribution in [1.82, 2.24) is 19.5 Å². The standard InChI is InChI=1S/C47H28N4S/c1-3-15-30(16-4-1)45-48-46(31-17-5-2-6-18-31)50-47(49-45)38-28-37-35(44-42(38)36-21-10-12-25-41(36)52-44)22-13-24-40(37)51-39-23-11-9-20-33(39)34-27-26-29-14-7-8-19-32(29)43(34)51/h1-28H/i1D,3D,4D,15D,16D. The van der Waals surface area contributed by atoms with Gasteiger partial charge in [-0.1, -0.05) is 145 Å². The van der Waals surface area contributed by atoms with Crippen LogP contribution in [0.3, 0.4) is 0 Å². The van der Waals surface area contributed by atoms with Crippen LogP contribution < -0.4 is 0 Å². The number of nitrogens with zero attached hydrogens (tertiary/aromatic N) is 4. The molecule has 0 bridgehead atoms. The van der Waals surface area contributed by atoms with Crippen LogP contribution in [0.2, 0.25) is 0 Å². The Balaban J connectivity index is 1.30. The summed E-state index contributed by atoms with van der Waals surface area (Å²) in [6.45, 7) is 0. The van der Waals surface area contributed by atoms with Gasteiger partial charge in [-0.3, -0.25) is 0 Å². The highest BCUT2D eigenvalue weighted by molar-refractivity contribution is 7.26. The molecule has 0 saturated carbocycles. The van der Waals surface area contributed by atoms with E-state index in [0.717, 1.165) is 74.8 Å². The Kier molecular flexibility index (Phi) is 5.37. The van der Waals surface area contributed by atoms with Crippen molar-refractivity contribution in [2.24, 2.45) is 0 Å². The van der Waals surface area contributed by atoms with E-state index in [1.54, 1.807) is 11.3 Å². The fourth-order valence-electron chi connectivity index (χ4n) is 7.66. The van der Waals surface area contributed by atoms with Crippen LogP contribution in [0.15, 0.2) is 170 Å². The van der Waals surface area contributed by atoms with Gasteiger partial charge < -0.3 is 4.57 Å². The first kappa shape index (κ1) is 24.5. The molecule has 5 heteroatoms. The van der Waals surface area contributed by atoms with Crippen molar-refractivity contribution in [1.29, 1.82) is 0 Å². The highest BCUT2D eigenvalue weighted by Gasteiger charge is 2.22. The fourth-order valence-corrected chi connectivity index (χ4v) is 8.92. The molecule has 0 aliphatic rings. The normalized spacial score (nSPS) is 13.2. The molecule has 0 N–H and O–H groups in total. The van der Waals surface area contributed by atoms with E-state index >= 15 is 0 Å². The maximum Gasteiger partial charge on any atom is 0.164 e. The fraction of sp³-hybridized carbons (Fsp3) is 0. The number of aromatic nitrogens is 4. The predicted molar refractivity (Wildman–Crippen MR) is 218 cm³/mol. The van der Waals surface area contributed by atoms with E-state index in [1.807, 2.05) is 42.5 Å². The zero-order chi connectivity index (χ0) is 38.5. The van der Waals surface area contributed by atoms with Crippen molar-refractivity contribution >= 4 is 74.9 Å². The number of hydrogen-bond donors (Lipinski definition) is 0. The van der Waals surface area contributed by atoms with E-state index in [1.165, 1.54) is 0 Å². The average Bonchev–Trinajstić information content (AvgIpc) is 3.82. The summed E-state index contributed by atoms with van der Waals surface area (Å²) < 4.78 is 47.5. The third-order valence-corrected chi connectivity index (χ3v) is 11.1. The Morgan fingerprint density at radius 3 is 2.06 bits per heavy atom. The van der Waals surface area contributed by atoms with Crippen LogP contribution in [0, 0.1) is 0 Å². The second-order valence-corrected chi connectivity index (χ2v) is 13.9. The molecule has 52 heavy (non-hydrogen) atoms. The van der Waals surface area contributed by atoms with Crippen molar-refractivity contribution in [3.63, 3.8) is 0 Å². The van der Waals surface area contributed by atoms with Gasteiger partial charge in [0, 0.05) is 63.8 Å². The molecule has 0 saturated heterocycles. The lowest BCUT2D eigenvalue weighted by molar-refractivity contribution is 1.08. The molecule has 0 aliphatic heterocycles. The van der Waals surface area contributed by atoms with Crippen molar-refractivity contribution in [3.05, 3.63) is 170 Å². The van der Waals surface area contributed by atoms with Crippen LogP contribution >= 0.6 is 11.3 Å². The first-order chi connectivity index (χ1) is 27.9. The first-order valence-corrected chi connectivity index (χ1v) is 17.9.